The highest BCUT2D eigenvalue weighted by Gasteiger charge is 2.17. The van der Waals surface area contributed by atoms with E-state index in [1.807, 2.05) is 12.3 Å². The van der Waals surface area contributed by atoms with E-state index in [1.165, 1.54) is 44.3 Å². The van der Waals surface area contributed by atoms with E-state index in [0.29, 0.717) is 0 Å². The molecule has 0 aliphatic carbocycles. The van der Waals surface area contributed by atoms with Gasteiger partial charge in [-0.25, -0.2) is 0 Å². The van der Waals surface area contributed by atoms with Crippen molar-refractivity contribution in [1.82, 2.24) is 30.3 Å². The van der Waals surface area contributed by atoms with Crippen LogP contribution < -0.4 is 5.32 Å². The van der Waals surface area contributed by atoms with E-state index in [0.717, 1.165) is 35.9 Å². The smallest absolute Gasteiger partial charge is 0.183 e. The minimum atomic E-state index is 0.739. The Labute approximate surface area is 160 Å². The largest absolute Gasteiger partial charge is 0.312 e. The van der Waals surface area contributed by atoms with Gasteiger partial charge in [-0.3, -0.25) is 0 Å². The highest BCUT2D eigenvalue weighted by Crippen LogP contribution is 2.22. The van der Waals surface area contributed by atoms with E-state index in [9.17, 15) is 0 Å². The number of likely N-dealkylation sites (tertiary alicyclic amines) is 1. The summed E-state index contributed by atoms with van der Waals surface area (Å²) in [5.74, 6) is 0. The molecule has 1 aliphatic rings. The van der Waals surface area contributed by atoms with Crippen LogP contribution in [-0.4, -0.2) is 50.6 Å². The van der Waals surface area contributed by atoms with Crippen LogP contribution in [0.4, 0.5) is 0 Å². The van der Waals surface area contributed by atoms with Crippen LogP contribution in [0, 0.1) is 0 Å². The maximum Gasteiger partial charge on any atom is 0.183 e. The Morgan fingerprint density at radius 3 is 2.89 bits per heavy atom. The Balaban J connectivity index is 1.37. The third-order valence-electron chi connectivity index (χ3n) is 5.53. The Hall–Kier alpha value is -2.31. The average Bonchev–Trinajstić information content (AvgIpc) is 3.18. The Bertz CT molecular complexity index is 859. The predicted octanol–water partition coefficient (Wildman–Crippen LogP) is 3.15. The number of aromatic nitrogens is 4. The molecule has 1 fully saturated rings. The summed E-state index contributed by atoms with van der Waals surface area (Å²) < 4.78 is 1.77. The topological polar surface area (TPSA) is 58.4 Å². The molecule has 0 saturated carbocycles. The molecule has 0 amide bonds. The Kier molecular flexibility index (Phi) is 5.75. The van der Waals surface area contributed by atoms with Crippen molar-refractivity contribution in [1.29, 1.82) is 0 Å². The highest BCUT2D eigenvalue weighted by atomic mass is 15.5. The normalized spacial score (nSPS) is 18.2. The molecule has 3 heterocycles. The molecular weight excluding hydrogens is 336 g/mol. The third kappa shape index (κ3) is 4.34. The van der Waals surface area contributed by atoms with Gasteiger partial charge >= 0.3 is 0 Å². The van der Waals surface area contributed by atoms with Crippen molar-refractivity contribution in [2.24, 2.45) is 0 Å². The lowest BCUT2D eigenvalue weighted by Crippen LogP contribution is -2.38. The molecule has 4 rings (SSSR count). The van der Waals surface area contributed by atoms with Gasteiger partial charge in [-0.15, -0.1) is 5.10 Å². The van der Waals surface area contributed by atoms with Crippen molar-refractivity contribution in [2.45, 2.75) is 45.2 Å². The first kappa shape index (κ1) is 18.1. The summed E-state index contributed by atoms with van der Waals surface area (Å²) in [6.45, 7) is 6.58. The van der Waals surface area contributed by atoms with Crippen molar-refractivity contribution in [3.63, 3.8) is 0 Å². The number of tetrazole rings is 1. The Morgan fingerprint density at radius 1 is 1.15 bits per heavy atom. The van der Waals surface area contributed by atoms with E-state index in [-0.39, 0.29) is 0 Å². The summed E-state index contributed by atoms with van der Waals surface area (Å²) in [5, 5.41) is 15.7. The van der Waals surface area contributed by atoms with Gasteiger partial charge in [-0.05, 0) is 67.9 Å². The number of nitrogens with one attached hydrogen (secondary N) is 1. The molecule has 6 heteroatoms. The number of hydrogen-bond donors (Lipinski definition) is 1. The fourth-order valence-electron chi connectivity index (χ4n) is 3.95. The zero-order valence-electron chi connectivity index (χ0n) is 16.0. The first-order valence-electron chi connectivity index (χ1n) is 10.0. The summed E-state index contributed by atoms with van der Waals surface area (Å²) in [6.07, 6.45) is 7.24. The number of benzene rings is 1. The van der Waals surface area contributed by atoms with E-state index < -0.39 is 0 Å². The zero-order chi connectivity index (χ0) is 18.5. The van der Waals surface area contributed by atoms with Crippen LogP contribution >= 0.6 is 0 Å². The van der Waals surface area contributed by atoms with E-state index in [1.54, 1.807) is 4.52 Å². The molecule has 27 heavy (non-hydrogen) atoms. The predicted molar refractivity (Wildman–Crippen MR) is 107 cm³/mol. The fraction of sp³-hybridized carbons (Fsp3) is 0.476. The lowest BCUT2D eigenvalue weighted by molar-refractivity contribution is 0.159. The van der Waals surface area contributed by atoms with Gasteiger partial charge in [0.05, 0.1) is 0 Å². The second kappa shape index (κ2) is 8.59. The van der Waals surface area contributed by atoms with E-state index in [2.05, 4.69) is 63.0 Å². The van der Waals surface area contributed by atoms with Crippen molar-refractivity contribution in [2.75, 3.05) is 19.6 Å². The summed E-state index contributed by atoms with van der Waals surface area (Å²) in [5.41, 5.74) is 4.27. The van der Waals surface area contributed by atoms with Gasteiger partial charge in [0.25, 0.3) is 0 Å². The SMILES string of the molecule is C[C@H]1CCCCN1CCCNCc1cc(-c2ccccc2)cn2nnnc12. The van der Waals surface area contributed by atoms with Crippen LogP contribution in [0.3, 0.4) is 0 Å². The van der Waals surface area contributed by atoms with Gasteiger partial charge in [-0.1, -0.05) is 36.8 Å². The zero-order valence-corrected chi connectivity index (χ0v) is 16.0. The maximum absolute atomic E-state index is 4.19. The van der Waals surface area contributed by atoms with Crippen molar-refractivity contribution in [3.05, 3.63) is 48.2 Å². The average molecular weight is 364 g/mol. The highest BCUT2D eigenvalue weighted by molar-refractivity contribution is 5.66. The summed E-state index contributed by atoms with van der Waals surface area (Å²) in [4.78, 5) is 2.63. The van der Waals surface area contributed by atoms with Gasteiger partial charge in [0.1, 0.15) is 0 Å². The van der Waals surface area contributed by atoms with Gasteiger partial charge in [0.2, 0.25) is 0 Å². The van der Waals surface area contributed by atoms with E-state index >= 15 is 0 Å². The number of fused-ring (bicyclic) bond motifs is 1. The molecule has 1 aliphatic heterocycles. The van der Waals surface area contributed by atoms with Gasteiger partial charge in [-0.2, -0.15) is 4.52 Å². The second-order valence-electron chi connectivity index (χ2n) is 7.48. The molecule has 0 unspecified atom stereocenters. The number of hydrogen-bond acceptors (Lipinski definition) is 5. The lowest BCUT2D eigenvalue weighted by atomic mass is 10.0. The summed E-state index contributed by atoms with van der Waals surface area (Å²) in [7, 11) is 0. The fourth-order valence-corrected chi connectivity index (χ4v) is 3.95. The summed E-state index contributed by atoms with van der Waals surface area (Å²) >= 11 is 0. The monoisotopic (exact) mass is 364 g/mol. The molecule has 1 atom stereocenters. The molecule has 0 bridgehead atoms. The van der Waals surface area contributed by atoms with Crippen LogP contribution in [0.2, 0.25) is 0 Å². The number of piperidine rings is 1. The van der Waals surface area contributed by atoms with E-state index in [4.69, 9.17) is 0 Å². The van der Waals surface area contributed by atoms with Gasteiger partial charge < -0.3 is 10.2 Å². The van der Waals surface area contributed by atoms with Crippen LogP contribution in [0.15, 0.2) is 42.6 Å². The number of pyridine rings is 1. The summed E-state index contributed by atoms with van der Waals surface area (Å²) in [6, 6.07) is 13.3. The van der Waals surface area contributed by atoms with Crippen molar-refractivity contribution >= 4 is 5.65 Å². The molecular formula is C21H28N6. The molecule has 1 N–H and O–H groups in total. The molecule has 3 aromatic rings. The first-order valence-corrected chi connectivity index (χ1v) is 10.0. The van der Waals surface area contributed by atoms with Crippen LogP contribution in [0.5, 0.6) is 0 Å². The van der Waals surface area contributed by atoms with Crippen molar-refractivity contribution < 1.29 is 0 Å². The second-order valence-corrected chi connectivity index (χ2v) is 7.48. The number of nitrogens with zero attached hydrogens (tertiary/aromatic N) is 5. The molecule has 2 aromatic heterocycles. The first-order chi connectivity index (χ1) is 13.3. The molecule has 1 aromatic carbocycles. The molecule has 0 radical (unpaired) electrons. The molecule has 1 saturated heterocycles. The van der Waals surface area contributed by atoms with Crippen LogP contribution in [0.25, 0.3) is 16.8 Å². The third-order valence-corrected chi connectivity index (χ3v) is 5.53. The van der Waals surface area contributed by atoms with Gasteiger partial charge in [0.15, 0.2) is 5.65 Å². The maximum atomic E-state index is 4.19. The quantitative estimate of drug-likeness (QED) is 0.653. The lowest BCUT2D eigenvalue weighted by Gasteiger charge is -2.33. The van der Waals surface area contributed by atoms with Crippen LogP contribution in [-0.2, 0) is 6.54 Å². The van der Waals surface area contributed by atoms with Gasteiger partial charge in [0, 0.05) is 29.9 Å². The standard InChI is InChI=1S/C21H28N6/c1-17-8-5-6-12-26(17)13-7-11-22-15-19-14-20(18-9-3-2-4-10-18)16-27-21(19)23-24-25-27/h2-4,9-10,14,16-17,22H,5-8,11-13,15H2,1H3/t17-/m0/s1. The van der Waals surface area contributed by atoms with Crippen LogP contribution in [0.1, 0.15) is 38.2 Å². The minimum Gasteiger partial charge on any atom is -0.312 e. The molecule has 6 nitrogen and oxygen atoms in total. The minimum absolute atomic E-state index is 0.739. The number of rotatable bonds is 7. The Morgan fingerprint density at radius 2 is 2.04 bits per heavy atom. The molecule has 142 valence electrons. The van der Waals surface area contributed by atoms with Crippen molar-refractivity contribution in [3.8, 4) is 11.1 Å². The molecule has 0 spiro atoms.